The lowest BCUT2D eigenvalue weighted by molar-refractivity contribution is -0.113. The van der Waals surface area contributed by atoms with Gasteiger partial charge in [-0.25, -0.2) is 0 Å². The molecule has 0 saturated heterocycles. The van der Waals surface area contributed by atoms with Gasteiger partial charge < -0.3 is 31.1 Å². The van der Waals surface area contributed by atoms with Crippen molar-refractivity contribution in [1.29, 1.82) is 0 Å². The Kier molecular flexibility index (Phi) is 9.75. The molecule has 0 spiro atoms. The van der Waals surface area contributed by atoms with Crippen LogP contribution in [0.4, 0.5) is 11.4 Å². The Balaban J connectivity index is 1.62. The van der Waals surface area contributed by atoms with E-state index in [0.29, 0.717) is 54.8 Å². The first-order valence-corrected chi connectivity index (χ1v) is 17.6. The van der Waals surface area contributed by atoms with Crippen molar-refractivity contribution in [1.82, 2.24) is 0 Å². The summed E-state index contributed by atoms with van der Waals surface area (Å²) in [5.41, 5.74) is 5.34. The molecule has 0 atom stereocenters. The van der Waals surface area contributed by atoms with E-state index in [9.17, 15) is 24.9 Å². The maximum absolute atomic E-state index is 13.9. The van der Waals surface area contributed by atoms with Crippen molar-refractivity contribution in [3.63, 3.8) is 0 Å². The van der Waals surface area contributed by atoms with E-state index in [0.717, 1.165) is 0 Å². The third kappa shape index (κ3) is 6.22. The van der Waals surface area contributed by atoms with Gasteiger partial charge >= 0.3 is 5.76 Å². The van der Waals surface area contributed by atoms with Gasteiger partial charge in [-0.3, -0.25) is 9.59 Å². The zero-order valence-corrected chi connectivity index (χ0v) is 31.0. The highest BCUT2D eigenvalue weighted by molar-refractivity contribution is 6.35. The van der Waals surface area contributed by atoms with Crippen molar-refractivity contribution in [2.45, 2.75) is 41.5 Å². The second kappa shape index (κ2) is 13.9. The van der Waals surface area contributed by atoms with Gasteiger partial charge in [0.05, 0.1) is 16.7 Å². The number of benzene rings is 4. The van der Waals surface area contributed by atoms with Crippen LogP contribution >= 0.6 is 23.2 Å². The Bertz CT molecular complexity index is 2130. The lowest BCUT2D eigenvalue weighted by Gasteiger charge is -2.29. The monoisotopic (exact) mass is 737 g/mol. The fourth-order valence-corrected chi connectivity index (χ4v) is 7.31. The molecule has 4 aromatic carbocycles. The summed E-state index contributed by atoms with van der Waals surface area (Å²) >= 11 is 12.1. The normalized spacial score (nSPS) is 16.0. The van der Waals surface area contributed by atoms with Crippen LogP contribution in [0.2, 0.25) is 10.0 Å². The number of phenols is 2. The zero-order valence-electron chi connectivity index (χ0n) is 29.5. The average Bonchev–Trinajstić information content (AvgIpc) is 3.08. The first-order chi connectivity index (χ1) is 24.6. The fourth-order valence-electron chi connectivity index (χ4n) is 7.06. The van der Waals surface area contributed by atoms with E-state index in [2.05, 4.69) is 10.6 Å². The maximum atomic E-state index is 13.9. The molecule has 8 nitrogen and oxygen atoms in total. The Morgan fingerprint density at radius 2 is 1.00 bits per heavy atom. The third-order valence-corrected chi connectivity index (χ3v) is 9.93. The van der Waals surface area contributed by atoms with Crippen LogP contribution < -0.4 is 10.6 Å². The number of aryl methyl sites for hydroxylation is 2. The molecule has 0 aromatic heterocycles. The van der Waals surface area contributed by atoms with Crippen molar-refractivity contribution in [2.75, 3.05) is 10.6 Å². The van der Waals surface area contributed by atoms with Gasteiger partial charge in [0.25, 0.3) is 5.78 Å². The van der Waals surface area contributed by atoms with E-state index in [-0.39, 0.29) is 62.5 Å². The summed E-state index contributed by atoms with van der Waals surface area (Å²) in [6.07, 6.45) is 2.91. The van der Waals surface area contributed by atoms with Gasteiger partial charge in [0.15, 0.2) is 5.76 Å². The van der Waals surface area contributed by atoms with Gasteiger partial charge in [-0.1, -0.05) is 57.0 Å². The summed E-state index contributed by atoms with van der Waals surface area (Å²) in [6.45, 7) is 11.0. The summed E-state index contributed by atoms with van der Waals surface area (Å²) in [5, 5.41) is 51.9. The maximum Gasteiger partial charge on any atom is 0.307 e. The molecular weight excluding hydrogens is 699 g/mol. The van der Waals surface area contributed by atoms with Crippen LogP contribution in [0.3, 0.4) is 0 Å². The Hall–Kier alpha value is -5.44. The number of phenolic OH excluding ortho intramolecular Hbond substituents is 2. The van der Waals surface area contributed by atoms with Gasteiger partial charge in [-0.05, 0) is 103 Å². The van der Waals surface area contributed by atoms with E-state index in [1.54, 1.807) is 68.4 Å². The van der Waals surface area contributed by atoms with E-state index >= 15 is 0 Å². The number of hydrogen-bond donors (Lipinski definition) is 5. The molecule has 4 aromatic rings. The van der Waals surface area contributed by atoms with Crippen molar-refractivity contribution < 1.29 is 30.0 Å². The average molecular weight is 739 g/mol. The predicted molar refractivity (Wildman–Crippen MR) is 211 cm³/mol. The van der Waals surface area contributed by atoms with Crippen LogP contribution in [0.1, 0.15) is 61.1 Å². The SMILES string of the molecule is Cc1cc2c(c(O)c1-c1c(C)cc3c(c1O)/C(=C\Nc1ccc(Cl)cc1)C(=O)C(O)=C3C(C)C)/C(=C/Nc1ccc(Cl)cc1)C(=O)C([OH2+])=C2C(C)C. The molecule has 0 fully saturated rings. The standard InChI is InChI=1S/C42H38Cl2N2O6/c1-19(2)31-27-15-21(5)33(39(49)35(27)29(37(47)41(31)51)17-45-25-11-7-23(43)8-12-25)34-22(6)16-28-32(20(3)4)42(52)38(48)30(36(28)40(34)50)18-46-26-13-9-24(44)10-14-26/h7-20,45-46,49-52H,1-6H3/p+1/b29-17-,30-18+. The quantitative estimate of drug-likeness (QED) is 0.0939. The van der Waals surface area contributed by atoms with Crippen LogP contribution in [-0.2, 0) is 9.59 Å². The minimum Gasteiger partial charge on any atom is -0.590 e. The molecule has 0 unspecified atom stereocenters. The van der Waals surface area contributed by atoms with Gasteiger partial charge in [-0.15, -0.1) is 0 Å². The van der Waals surface area contributed by atoms with Gasteiger partial charge in [0, 0.05) is 61.6 Å². The molecule has 6 rings (SSSR count). The highest BCUT2D eigenvalue weighted by Gasteiger charge is 2.40. The molecule has 10 heteroatoms. The number of allylic oxidation sites excluding steroid dienone is 4. The first kappa shape index (κ1) is 36.4. The van der Waals surface area contributed by atoms with Gasteiger partial charge in [-0.2, -0.15) is 0 Å². The van der Waals surface area contributed by atoms with E-state index in [4.69, 9.17) is 28.3 Å². The summed E-state index contributed by atoms with van der Waals surface area (Å²) in [7, 11) is 0. The number of carbonyl (C=O) groups excluding carboxylic acids is 2. The predicted octanol–water partition coefficient (Wildman–Crippen LogP) is 9.78. The highest BCUT2D eigenvalue weighted by atomic mass is 35.5. The number of aromatic hydroxyl groups is 2. The van der Waals surface area contributed by atoms with Crippen molar-refractivity contribution >= 4 is 68.4 Å². The molecule has 266 valence electrons. The molecule has 2 aliphatic rings. The first-order valence-electron chi connectivity index (χ1n) is 16.8. The number of nitrogens with one attached hydrogen (secondary N) is 2. The summed E-state index contributed by atoms with van der Waals surface area (Å²) in [5.74, 6) is -2.84. The minimum absolute atomic E-state index is 0.0208. The molecule has 52 heavy (non-hydrogen) atoms. The number of Topliss-reactive ketones (excluding diaryl/α,β-unsaturated/α-hetero) is 2. The zero-order chi connectivity index (χ0) is 37.8. The van der Waals surface area contributed by atoms with Gasteiger partial charge in [0.1, 0.15) is 11.5 Å². The lowest BCUT2D eigenvalue weighted by Crippen LogP contribution is -2.20. The largest absolute Gasteiger partial charge is 0.590 e. The molecule has 0 amide bonds. The molecule has 0 aliphatic heterocycles. The third-order valence-electron chi connectivity index (χ3n) is 9.43. The van der Waals surface area contributed by atoms with E-state index in [1.807, 2.05) is 33.8 Å². The van der Waals surface area contributed by atoms with Crippen LogP contribution in [0.25, 0.3) is 33.4 Å². The minimum atomic E-state index is -0.673. The number of hydrogen-bond acceptors (Lipinski definition) is 7. The molecule has 0 heterocycles. The van der Waals surface area contributed by atoms with Crippen LogP contribution in [0, 0.1) is 25.7 Å². The molecule has 7 N–H and O–H groups in total. The number of carbonyl (C=O) groups is 2. The molecule has 0 saturated carbocycles. The number of rotatable bonds is 7. The Labute approximate surface area is 312 Å². The fraction of sp³-hybridized carbons (Fsp3) is 0.190. The number of ketones is 2. The number of halogens is 2. The molecular formula is C42H39Cl2N2O6+. The van der Waals surface area contributed by atoms with Crippen molar-refractivity contribution in [3.8, 4) is 22.6 Å². The van der Waals surface area contributed by atoms with Crippen molar-refractivity contribution in [3.05, 3.63) is 128 Å². The number of fused-ring (bicyclic) bond motifs is 2. The second-order valence-electron chi connectivity index (χ2n) is 13.6. The molecule has 2 aliphatic carbocycles. The summed E-state index contributed by atoms with van der Waals surface area (Å²) in [6, 6.07) is 17.3. The van der Waals surface area contributed by atoms with Crippen LogP contribution in [-0.4, -0.2) is 32.0 Å². The Morgan fingerprint density at radius 3 is 1.40 bits per heavy atom. The van der Waals surface area contributed by atoms with E-state index in [1.165, 1.54) is 12.4 Å². The van der Waals surface area contributed by atoms with Crippen LogP contribution in [0.5, 0.6) is 11.5 Å². The highest BCUT2D eigenvalue weighted by Crippen LogP contribution is 2.53. The molecule has 0 bridgehead atoms. The topological polar surface area (TPSA) is 142 Å². The summed E-state index contributed by atoms with van der Waals surface area (Å²) < 4.78 is 0. The van der Waals surface area contributed by atoms with Gasteiger partial charge in [0.2, 0.25) is 5.78 Å². The second-order valence-corrected chi connectivity index (χ2v) is 14.5. The summed E-state index contributed by atoms with van der Waals surface area (Å²) in [4.78, 5) is 27.7. The van der Waals surface area contributed by atoms with Crippen molar-refractivity contribution in [2.24, 2.45) is 11.8 Å². The number of anilines is 2. The van der Waals surface area contributed by atoms with E-state index < -0.39 is 17.3 Å². The number of aliphatic hydroxyl groups is 1. The van der Waals surface area contributed by atoms with Crippen LogP contribution in [0.15, 0.2) is 84.6 Å². The smallest absolute Gasteiger partial charge is 0.307 e. The Morgan fingerprint density at radius 1 is 0.615 bits per heavy atom. The molecule has 0 radical (unpaired) electrons. The number of aliphatic hydroxyl groups excluding tert-OH is 1. The lowest BCUT2D eigenvalue weighted by atomic mass is 9.75.